The van der Waals surface area contributed by atoms with E-state index in [9.17, 15) is 8.42 Å². The molecule has 1 fully saturated rings. The molecule has 1 aliphatic rings. The summed E-state index contributed by atoms with van der Waals surface area (Å²) < 4.78 is 38.7. The molecule has 0 saturated carbocycles. The van der Waals surface area contributed by atoms with Gasteiger partial charge in [-0.15, -0.1) is 6.58 Å². The van der Waals surface area contributed by atoms with Crippen molar-refractivity contribution >= 4 is 10.1 Å². The van der Waals surface area contributed by atoms with E-state index >= 15 is 0 Å². The fourth-order valence-electron chi connectivity index (χ4n) is 2.31. The van der Waals surface area contributed by atoms with Gasteiger partial charge in [-0.05, 0) is 32.1 Å². The Morgan fingerprint density at radius 2 is 2.20 bits per heavy atom. The van der Waals surface area contributed by atoms with Gasteiger partial charge in [0.15, 0.2) is 6.29 Å². The lowest BCUT2D eigenvalue weighted by molar-refractivity contribution is -0.200. The lowest BCUT2D eigenvalue weighted by atomic mass is 9.97. The molecule has 20 heavy (non-hydrogen) atoms. The first kappa shape index (κ1) is 17.6. The minimum Gasteiger partial charge on any atom is -0.353 e. The summed E-state index contributed by atoms with van der Waals surface area (Å²) in [5.74, 6) is -0.0299. The number of hydrogen-bond acceptors (Lipinski definition) is 5. The molecule has 1 unspecified atom stereocenters. The summed E-state index contributed by atoms with van der Waals surface area (Å²) in [4.78, 5) is 0. The van der Waals surface area contributed by atoms with Gasteiger partial charge in [-0.2, -0.15) is 8.42 Å². The molecule has 3 atom stereocenters. The van der Waals surface area contributed by atoms with Crippen LogP contribution in [0.2, 0.25) is 0 Å². The maximum atomic E-state index is 11.1. The standard InChI is InChI=1S/C14H26O5S/c1-4-8-12(11-18-20(3,15)16)13(5-2)19-14-9-6-7-10-17-14/h4,12-14H,1,5-11H2,2-3H3/t12-,13+,14?/m0/s1. The molecule has 1 heterocycles. The summed E-state index contributed by atoms with van der Waals surface area (Å²) in [5, 5.41) is 0. The van der Waals surface area contributed by atoms with Crippen molar-refractivity contribution in [1.82, 2.24) is 0 Å². The van der Waals surface area contributed by atoms with Crippen molar-refractivity contribution in [3.63, 3.8) is 0 Å². The van der Waals surface area contributed by atoms with E-state index in [0.29, 0.717) is 6.42 Å². The smallest absolute Gasteiger partial charge is 0.264 e. The second kappa shape index (κ2) is 8.77. The van der Waals surface area contributed by atoms with Crippen molar-refractivity contribution in [3.05, 3.63) is 12.7 Å². The Balaban J connectivity index is 2.57. The Hall–Kier alpha value is -0.430. The summed E-state index contributed by atoms with van der Waals surface area (Å²) >= 11 is 0. The third kappa shape index (κ3) is 6.83. The van der Waals surface area contributed by atoms with Crippen LogP contribution < -0.4 is 0 Å². The van der Waals surface area contributed by atoms with Crippen molar-refractivity contribution in [2.24, 2.45) is 5.92 Å². The molecule has 0 N–H and O–H groups in total. The quantitative estimate of drug-likeness (QED) is 0.484. The van der Waals surface area contributed by atoms with Crippen LogP contribution in [0.25, 0.3) is 0 Å². The lowest BCUT2D eigenvalue weighted by Crippen LogP contribution is -2.34. The van der Waals surface area contributed by atoms with Gasteiger partial charge in [0.1, 0.15) is 0 Å². The molecular formula is C14H26O5S. The van der Waals surface area contributed by atoms with Gasteiger partial charge in [0, 0.05) is 12.5 Å². The van der Waals surface area contributed by atoms with Crippen molar-refractivity contribution in [1.29, 1.82) is 0 Å². The van der Waals surface area contributed by atoms with Crippen LogP contribution in [-0.4, -0.2) is 40.3 Å². The summed E-state index contributed by atoms with van der Waals surface area (Å²) in [5.41, 5.74) is 0. The number of hydrogen-bond donors (Lipinski definition) is 0. The van der Waals surface area contributed by atoms with Gasteiger partial charge in [-0.25, -0.2) is 0 Å². The van der Waals surface area contributed by atoms with Crippen LogP contribution in [-0.2, 0) is 23.8 Å². The highest BCUT2D eigenvalue weighted by molar-refractivity contribution is 7.85. The van der Waals surface area contributed by atoms with Gasteiger partial charge in [0.05, 0.1) is 19.0 Å². The Morgan fingerprint density at radius 3 is 2.70 bits per heavy atom. The first-order chi connectivity index (χ1) is 9.46. The second-order valence-corrected chi connectivity index (χ2v) is 6.80. The first-order valence-corrected chi connectivity index (χ1v) is 9.00. The van der Waals surface area contributed by atoms with Gasteiger partial charge in [-0.1, -0.05) is 13.0 Å². The van der Waals surface area contributed by atoms with E-state index in [1.165, 1.54) is 0 Å². The molecule has 5 nitrogen and oxygen atoms in total. The molecule has 0 amide bonds. The van der Waals surface area contributed by atoms with Crippen LogP contribution in [0.15, 0.2) is 12.7 Å². The summed E-state index contributed by atoms with van der Waals surface area (Å²) in [6, 6.07) is 0. The normalized spacial score (nSPS) is 23.2. The molecule has 1 saturated heterocycles. The third-order valence-electron chi connectivity index (χ3n) is 3.36. The zero-order chi connectivity index (χ0) is 15.0. The molecule has 0 aliphatic carbocycles. The highest BCUT2D eigenvalue weighted by atomic mass is 32.2. The lowest BCUT2D eigenvalue weighted by Gasteiger charge is -2.31. The average molecular weight is 306 g/mol. The van der Waals surface area contributed by atoms with Gasteiger partial charge in [0.25, 0.3) is 10.1 Å². The fourth-order valence-corrected chi connectivity index (χ4v) is 2.73. The van der Waals surface area contributed by atoms with E-state index in [-0.39, 0.29) is 24.9 Å². The third-order valence-corrected chi connectivity index (χ3v) is 3.92. The molecule has 0 radical (unpaired) electrons. The predicted molar refractivity (Wildman–Crippen MR) is 77.9 cm³/mol. The van der Waals surface area contributed by atoms with Gasteiger partial charge < -0.3 is 9.47 Å². The second-order valence-electron chi connectivity index (χ2n) is 5.15. The van der Waals surface area contributed by atoms with Crippen LogP contribution >= 0.6 is 0 Å². The van der Waals surface area contributed by atoms with Gasteiger partial charge >= 0.3 is 0 Å². The SMILES string of the molecule is C=CC[C@@H](COS(C)(=O)=O)[C@@H](CC)OC1CCCCO1. The van der Waals surface area contributed by atoms with Crippen molar-refractivity contribution < 1.29 is 22.1 Å². The minimum absolute atomic E-state index is 0.0299. The molecule has 0 spiro atoms. The van der Waals surface area contributed by atoms with E-state index in [0.717, 1.165) is 38.5 Å². The number of ether oxygens (including phenoxy) is 2. The van der Waals surface area contributed by atoms with Crippen molar-refractivity contribution in [3.8, 4) is 0 Å². The summed E-state index contributed by atoms with van der Waals surface area (Å²) in [6.07, 6.45) is 7.07. The molecule has 1 rings (SSSR count). The van der Waals surface area contributed by atoms with Crippen LogP contribution in [0.3, 0.4) is 0 Å². The molecule has 6 heteroatoms. The monoisotopic (exact) mass is 306 g/mol. The van der Waals surface area contributed by atoms with E-state index in [2.05, 4.69) is 6.58 Å². The van der Waals surface area contributed by atoms with E-state index in [1.807, 2.05) is 6.92 Å². The van der Waals surface area contributed by atoms with Crippen LogP contribution in [0, 0.1) is 5.92 Å². The predicted octanol–water partition coefficient (Wildman–Crippen LogP) is 2.48. The summed E-state index contributed by atoms with van der Waals surface area (Å²) in [6.45, 7) is 6.58. The van der Waals surface area contributed by atoms with E-state index in [1.54, 1.807) is 6.08 Å². The van der Waals surface area contributed by atoms with Crippen molar-refractivity contribution in [2.45, 2.75) is 51.4 Å². The largest absolute Gasteiger partial charge is 0.353 e. The van der Waals surface area contributed by atoms with Crippen molar-refractivity contribution in [2.75, 3.05) is 19.5 Å². The van der Waals surface area contributed by atoms with Gasteiger partial charge in [0.2, 0.25) is 0 Å². The Bertz CT molecular complexity index is 373. The highest BCUT2D eigenvalue weighted by Gasteiger charge is 2.26. The molecule has 1 aliphatic heterocycles. The average Bonchev–Trinajstić information content (AvgIpc) is 2.41. The van der Waals surface area contributed by atoms with Gasteiger partial charge in [-0.3, -0.25) is 4.18 Å². The zero-order valence-corrected chi connectivity index (χ0v) is 13.2. The van der Waals surface area contributed by atoms with E-state index in [4.69, 9.17) is 13.7 Å². The Labute approximate surface area is 122 Å². The van der Waals surface area contributed by atoms with Crippen LogP contribution in [0.1, 0.15) is 39.0 Å². The minimum atomic E-state index is -3.43. The van der Waals surface area contributed by atoms with Crippen LogP contribution in [0.4, 0.5) is 0 Å². The zero-order valence-electron chi connectivity index (χ0n) is 12.4. The molecular weight excluding hydrogens is 280 g/mol. The Morgan fingerprint density at radius 1 is 1.45 bits per heavy atom. The number of allylic oxidation sites excluding steroid dienone is 1. The highest BCUT2D eigenvalue weighted by Crippen LogP contribution is 2.23. The molecule has 0 bridgehead atoms. The molecule has 0 aromatic heterocycles. The first-order valence-electron chi connectivity index (χ1n) is 7.18. The van der Waals surface area contributed by atoms with Crippen LogP contribution in [0.5, 0.6) is 0 Å². The maximum absolute atomic E-state index is 11.1. The van der Waals surface area contributed by atoms with E-state index < -0.39 is 10.1 Å². The molecule has 0 aromatic rings. The maximum Gasteiger partial charge on any atom is 0.264 e. The molecule has 0 aromatic carbocycles. The topological polar surface area (TPSA) is 61.8 Å². The number of rotatable bonds is 9. The Kier molecular flexibility index (Phi) is 7.72. The fraction of sp³-hybridized carbons (Fsp3) is 0.857. The molecule has 118 valence electrons. The summed E-state index contributed by atoms with van der Waals surface area (Å²) in [7, 11) is -3.43.